The van der Waals surface area contributed by atoms with Crippen molar-refractivity contribution in [3.05, 3.63) is 118 Å². The van der Waals surface area contributed by atoms with Crippen LogP contribution in [-0.4, -0.2) is 51.5 Å². The number of aromatic hydroxyl groups is 2. The first-order valence-electron chi connectivity index (χ1n) is 24.6. The van der Waals surface area contributed by atoms with Gasteiger partial charge >= 0.3 is 0 Å². The predicted octanol–water partition coefficient (Wildman–Crippen LogP) is 14.3. The molecule has 0 aliphatic heterocycles. The third-order valence-corrected chi connectivity index (χ3v) is 12.6. The largest absolute Gasteiger partial charge is 0.505 e. The molecule has 4 aromatic heterocycles. The normalized spacial score (nSPS) is 11.6. The second-order valence-electron chi connectivity index (χ2n) is 18.2. The van der Waals surface area contributed by atoms with Gasteiger partial charge in [0, 0.05) is 0 Å². The number of hydrogen-bond donors (Lipinski definition) is 2. The molecule has 9 rings (SSSR count). The number of hydrogen-bond acceptors (Lipinski definition) is 4. The molecule has 2 N–H and O–H groups in total. The first kappa shape index (κ1) is 47.1. The summed E-state index contributed by atoms with van der Waals surface area (Å²) in [6.45, 7) is 18.5. The summed E-state index contributed by atoms with van der Waals surface area (Å²) >= 11 is 0. The van der Waals surface area contributed by atoms with Gasteiger partial charge in [-0.05, 0) is 142 Å². The number of phenols is 2. The minimum Gasteiger partial charge on any atom is -0.505 e. The highest BCUT2D eigenvalue weighted by Crippen LogP contribution is 2.35. The smallest absolute Gasteiger partial charge is 0.146 e. The van der Waals surface area contributed by atoms with Crippen molar-refractivity contribution >= 4 is 22.1 Å². The molecule has 0 aliphatic carbocycles. The minimum atomic E-state index is 0.348. The van der Waals surface area contributed by atoms with E-state index in [0.717, 1.165) is 102 Å². The number of fused-ring (bicyclic) bond motifs is 8. The van der Waals surface area contributed by atoms with Gasteiger partial charge in [-0.25, -0.2) is 0 Å². The van der Waals surface area contributed by atoms with Gasteiger partial charge in [-0.15, -0.1) is 28.1 Å². The summed E-state index contributed by atoms with van der Waals surface area (Å²) in [7, 11) is 0. The van der Waals surface area contributed by atoms with Gasteiger partial charge in [-0.1, -0.05) is 128 Å². The Morgan fingerprint density at radius 1 is 0.415 bits per heavy atom. The van der Waals surface area contributed by atoms with Crippen LogP contribution in [0.5, 0.6) is 23.0 Å². The molecule has 0 spiro atoms. The Bertz CT molecular complexity index is 2720. The molecule has 4 heterocycles. The molecule has 0 radical (unpaired) electrons. The predicted molar refractivity (Wildman–Crippen MR) is 268 cm³/mol. The van der Waals surface area contributed by atoms with Crippen molar-refractivity contribution < 1.29 is 19.7 Å². The average molecular weight is 883 g/mol. The molecule has 0 saturated heterocycles. The zero-order valence-corrected chi connectivity index (χ0v) is 40.5. The lowest BCUT2D eigenvalue weighted by molar-refractivity contribution is 0.297. The Kier molecular flexibility index (Phi) is 15.8. The van der Waals surface area contributed by atoms with E-state index in [0.29, 0.717) is 11.5 Å². The summed E-state index contributed by atoms with van der Waals surface area (Å²) in [6.07, 6.45) is 18.9. The number of nitrogens with zero attached hydrogens (tertiary/aromatic N) is 6. The van der Waals surface area contributed by atoms with Crippen LogP contribution >= 0.6 is 0 Å². The Morgan fingerprint density at radius 2 is 0.800 bits per heavy atom. The molecule has 0 unspecified atom stereocenters. The second kappa shape index (κ2) is 21.9. The molecule has 348 valence electrons. The van der Waals surface area contributed by atoms with E-state index in [1.807, 2.05) is 52.2 Å². The molecule has 0 bridgehead atoms. The van der Waals surface area contributed by atoms with Gasteiger partial charge in [-0.3, -0.25) is 0 Å². The van der Waals surface area contributed by atoms with Crippen molar-refractivity contribution in [3.63, 3.8) is 0 Å². The zero-order valence-electron chi connectivity index (χ0n) is 40.5. The lowest BCUT2D eigenvalue weighted by Gasteiger charge is -2.14. The van der Waals surface area contributed by atoms with Crippen LogP contribution < -0.4 is 9.47 Å². The monoisotopic (exact) mass is 883 g/mol. The highest BCUT2D eigenvalue weighted by atomic mass is 16.5. The molecule has 5 aromatic carbocycles. The number of rotatable bonds is 21. The van der Waals surface area contributed by atoms with Gasteiger partial charge in [0.1, 0.15) is 56.4 Å². The number of benzene rings is 5. The van der Waals surface area contributed by atoms with Crippen LogP contribution in [0.15, 0.2) is 84.9 Å². The van der Waals surface area contributed by atoms with Crippen LogP contribution in [0.1, 0.15) is 144 Å². The first-order valence-corrected chi connectivity index (χ1v) is 24.6. The van der Waals surface area contributed by atoms with Crippen molar-refractivity contribution in [2.24, 2.45) is 0 Å². The maximum atomic E-state index is 10.9. The van der Waals surface area contributed by atoms with Crippen LogP contribution in [0.2, 0.25) is 0 Å². The quantitative estimate of drug-likeness (QED) is 0.0704. The fourth-order valence-corrected chi connectivity index (χ4v) is 8.79. The number of aromatic nitrogens is 6. The van der Waals surface area contributed by atoms with E-state index in [4.69, 9.17) is 9.47 Å². The Labute approximate surface area is 386 Å². The molecule has 0 aliphatic rings. The van der Waals surface area contributed by atoms with E-state index in [2.05, 4.69) is 116 Å². The highest BCUT2D eigenvalue weighted by molar-refractivity contribution is 5.80. The summed E-state index contributed by atoms with van der Waals surface area (Å²) in [6, 6.07) is 28.9. The lowest BCUT2D eigenvalue weighted by Crippen LogP contribution is -2.02. The molecule has 9 aromatic rings. The number of phenolic OH excluding ortho intramolecular Hbond substituents is 2. The molecule has 65 heavy (non-hydrogen) atoms. The Balaban J connectivity index is 0.000000153. The SMILES string of the molecule is CCCCCCCCCCCCc1cc(C)cc(-n2n3c4ccccc4n23)c1O.CCCCOc1cc(C)c(OCCCC)cc1C.Cc1cc(C)c(O)c(-n2n3c4ccccc4n23)c1. The van der Waals surface area contributed by atoms with Crippen LogP contribution in [0.4, 0.5) is 0 Å². The maximum Gasteiger partial charge on any atom is 0.146 e. The molecule has 10 heteroatoms. The fraction of sp³-hybridized carbons (Fsp3) is 0.455. The molecular weight excluding hydrogens is 809 g/mol. The van der Waals surface area contributed by atoms with Gasteiger partial charge in [0.05, 0.1) is 13.2 Å². The first-order chi connectivity index (χ1) is 31.6. The van der Waals surface area contributed by atoms with Crippen LogP contribution in [0.25, 0.3) is 33.4 Å². The van der Waals surface area contributed by atoms with E-state index in [-0.39, 0.29) is 0 Å². The van der Waals surface area contributed by atoms with Crippen LogP contribution in [0.3, 0.4) is 0 Å². The fourth-order valence-electron chi connectivity index (χ4n) is 8.79. The summed E-state index contributed by atoms with van der Waals surface area (Å²) in [5, 5.41) is 21.1. The Hall–Kier alpha value is -5.90. The maximum absolute atomic E-state index is 10.9. The van der Waals surface area contributed by atoms with E-state index in [9.17, 15) is 10.2 Å². The van der Waals surface area contributed by atoms with Crippen molar-refractivity contribution in [2.75, 3.05) is 13.2 Å². The van der Waals surface area contributed by atoms with Crippen LogP contribution in [-0.2, 0) is 6.42 Å². The van der Waals surface area contributed by atoms with Crippen molar-refractivity contribution in [1.82, 2.24) is 28.1 Å². The molecule has 0 fully saturated rings. The van der Waals surface area contributed by atoms with Gasteiger partial charge in [0.2, 0.25) is 0 Å². The standard InChI is InChI=1S/C25H35N3O.C16H26O2.C14H13N3O/c1-3-4-5-6-7-8-9-10-11-12-15-21-18-20(2)19-24(25(21)29)28-26-22-16-13-14-17-23(22)27(26)28;1-5-7-9-17-15-11-14(4)16(12-13(15)3)18-10-8-6-2;1-9-7-10(2)14(18)13(8-9)17-15-11-5-3-4-6-12(11)16(15)17/h13-14,16-19,29H,3-12,15H2,1-2H3;11-12H,5-10H2,1-4H3;3-8,18H,1-2H3. The lowest BCUT2D eigenvalue weighted by atomic mass is 10.0. The molecular formula is C55H74N6O4. The van der Waals surface area contributed by atoms with E-state index >= 15 is 0 Å². The summed E-state index contributed by atoms with van der Waals surface area (Å²) in [4.78, 5) is 4.05. The molecule has 0 atom stereocenters. The van der Waals surface area contributed by atoms with Gasteiger partial charge in [-0.2, -0.15) is 0 Å². The van der Waals surface area contributed by atoms with Crippen molar-refractivity contribution in [3.8, 4) is 34.4 Å². The summed E-state index contributed by atoms with van der Waals surface area (Å²) < 4.78 is 19.9. The van der Waals surface area contributed by atoms with Gasteiger partial charge in [0.15, 0.2) is 0 Å². The van der Waals surface area contributed by atoms with E-state index in [1.54, 1.807) is 0 Å². The minimum absolute atomic E-state index is 0.348. The topological polar surface area (TPSA) is 86.4 Å². The number of para-hydroxylation sites is 4. The van der Waals surface area contributed by atoms with Gasteiger partial charge in [0.25, 0.3) is 0 Å². The third kappa shape index (κ3) is 10.8. The summed E-state index contributed by atoms with van der Waals surface area (Å²) in [5.74, 6) is 2.76. The second-order valence-corrected chi connectivity index (χ2v) is 18.2. The van der Waals surface area contributed by atoms with Gasteiger partial charge < -0.3 is 19.7 Å². The van der Waals surface area contributed by atoms with Crippen molar-refractivity contribution in [2.45, 2.75) is 152 Å². The number of ether oxygens (including phenoxy) is 2. The molecule has 0 saturated carbocycles. The number of unbranched alkanes of at least 4 members (excludes halogenated alkanes) is 11. The van der Waals surface area contributed by atoms with E-state index in [1.165, 1.54) is 85.4 Å². The average Bonchev–Trinajstić information content (AvgIpc) is 4.17. The van der Waals surface area contributed by atoms with Crippen LogP contribution in [0, 0.1) is 34.6 Å². The Morgan fingerprint density at radius 3 is 1.23 bits per heavy atom. The highest BCUT2D eigenvalue weighted by Gasteiger charge is 2.27. The van der Waals surface area contributed by atoms with Crippen molar-refractivity contribution in [1.29, 1.82) is 0 Å². The molecule has 0 amide bonds. The van der Waals surface area contributed by atoms with E-state index < -0.39 is 0 Å². The third-order valence-electron chi connectivity index (χ3n) is 12.6. The molecule has 10 nitrogen and oxygen atoms in total. The summed E-state index contributed by atoms with van der Waals surface area (Å²) in [5.41, 5.74) is 13.1. The zero-order chi connectivity index (χ0) is 46.0. The number of aryl methyl sites for hydroxylation is 6.